The Labute approximate surface area is 191 Å². The van der Waals surface area contributed by atoms with Gasteiger partial charge in [0, 0.05) is 62.7 Å². The molecule has 10 heteroatoms. The van der Waals surface area contributed by atoms with Crippen LogP contribution in [-0.2, 0) is 22.7 Å². The molecule has 1 aromatic carbocycles. The lowest BCUT2D eigenvalue weighted by molar-refractivity contribution is -0.384. The van der Waals surface area contributed by atoms with Crippen LogP contribution in [0.1, 0.15) is 30.2 Å². The quantitative estimate of drug-likeness (QED) is 0.438. The number of rotatable bonds is 9. The second kappa shape index (κ2) is 11.2. The average Bonchev–Trinajstić information content (AvgIpc) is 3.30. The minimum atomic E-state index is -0.541. The summed E-state index contributed by atoms with van der Waals surface area (Å²) in [5.41, 5.74) is 6.55. The van der Waals surface area contributed by atoms with Gasteiger partial charge in [-0.15, -0.1) is 11.3 Å². The lowest BCUT2D eigenvalue weighted by Crippen LogP contribution is -2.57. The number of carbonyl (C=O) groups is 2. The summed E-state index contributed by atoms with van der Waals surface area (Å²) >= 11 is 1.67. The zero-order valence-corrected chi connectivity index (χ0v) is 18.9. The van der Waals surface area contributed by atoms with Crippen molar-refractivity contribution >= 4 is 28.8 Å². The fourth-order valence-electron chi connectivity index (χ4n) is 4.09. The number of nitro groups is 1. The van der Waals surface area contributed by atoms with Gasteiger partial charge in [0.25, 0.3) is 5.69 Å². The first kappa shape index (κ1) is 23.8. The highest BCUT2D eigenvalue weighted by molar-refractivity contribution is 7.09. The van der Waals surface area contributed by atoms with Crippen molar-refractivity contribution < 1.29 is 14.5 Å². The van der Waals surface area contributed by atoms with E-state index >= 15 is 0 Å². The zero-order valence-electron chi connectivity index (χ0n) is 18.1. The van der Waals surface area contributed by atoms with Gasteiger partial charge in [-0.2, -0.15) is 0 Å². The van der Waals surface area contributed by atoms with E-state index in [1.54, 1.807) is 28.4 Å². The molecule has 0 saturated carbocycles. The number of nitrogens with zero attached hydrogens (tertiary/aromatic N) is 3. The fraction of sp³-hybridized carbons (Fsp3) is 0.455. The van der Waals surface area contributed by atoms with E-state index < -0.39 is 11.0 Å². The summed E-state index contributed by atoms with van der Waals surface area (Å²) in [5.74, 6) is -0.293. The second-order valence-electron chi connectivity index (χ2n) is 7.89. The van der Waals surface area contributed by atoms with Gasteiger partial charge in [0.15, 0.2) is 0 Å². The molecule has 2 atom stereocenters. The number of amides is 2. The van der Waals surface area contributed by atoms with Crippen LogP contribution in [0.5, 0.6) is 0 Å². The highest BCUT2D eigenvalue weighted by Gasteiger charge is 2.37. The van der Waals surface area contributed by atoms with Crippen LogP contribution in [0.2, 0.25) is 0 Å². The van der Waals surface area contributed by atoms with Gasteiger partial charge in [-0.05, 0) is 29.9 Å². The molecular weight excluding hydrogens is 430 g/mol. The fourth-order valence-corrected chi connectivity index (χ4v) is 4.82. The number of hydrogen-bond acceptors (Lipinski definition) is 7. The van der Waals surface area contributed by atoms with Crippen molar-refractivity contribution in [2.24, 2.45) is 5.73 Å². The summed E-state index contributed by atoms with van der Waals surface area (Å²) in [5, 5.41) is 15.8. The normalized spacial score (nSPS) is 18.5. The SMILES string of the molecule is CC(=O)N1CCC(N(Cc2ccc([N+](=O)[O-])cc2)Cc2cccs2)C[C@@H]1C(=O)NCCN. The number of nitrogens with one attached hydrogen (secondary N) is 1. The summed E-state index contributed by atoms with van der Waals surface area (Å²) in [7, 11) is 0. The highest BCUT2D eigenvalue weighted by atomic mass is 32.1. The van der Waals surface area contributed by atoms with E-state index in [2.05, 4.69) is 16.3 Å². The number of benzene rings is 1. The van der Waals surface area contributed by atoms with Crippen molar-refractivity contribution in [3.8, 4) is 0 Å². The Kier molecular flexibility index (Phi) is 8.32. The molecule has 0 radical (unpaired) electrons. The predicted molar refractivity (Wildman–Crippen MR) is 123 cm³/mol. The molecule has 1 saturated heterocycles. The number of non-ortho nitro benzene ring substituents is 1. The first-order valence-corrected chi connectivity index (χ1v) is 11.5. The summed E-state index contributed by atoms with van der Waals surface area (Å²) in [6.45, 7) is 4.00. The zero-order chi connectivity index (χ0) is 23.1. The molecule has 2 amide bonds. The second-order valence-corrected chi connectivity index (χ2v) is 8.93. The molecule has 2 heterocycles. The van der Waals surface area contributed by atoms with Crippen molar-refractivity contribution in [2.75, 3.05) is 19.6 Å². The molecule has 1 aliphatic rings. The minimum absolute atomic E-state index is 0.0602. The van der Waals surface area contributed by atoms with E-state index in [9.17, 15) is 19.7 Å². The van der Waals surface area contributed by atoms with Crippen LogP contribution in [0.15, 0.2) is 41.8 Å². The van der Waals surface area contributed by atoms with Gasteiger partial charge < -0.3 is 16.0 Å². The molecule has 2 aromatic rings. The Morgan fingerprint density at radius 1 is 1.28 bits per heavy atom. The maximum Gasteiger partial charge on any atom is 0.269 e. The number of likely N-dealkylation sites (tertiary alicyclic amines) is 1. The largest absolute Gasteiger partial charge is 0.353 e. The molecule has 1 aromatic heterocycles. The van der Waals surface area contributed by atoms with Crippen LogP contribution in [-0.4, -0.2) is 58.3 Å². The molecule has 9 nitrogen and oxygen atoms in total. The number of hydrogen-bond donors (Lipinski definition) is 2. The summed E-state index contributed by atoms with van der Waals surface area (Å²) in [6, 6.07) is 10.2. The van der Waals surface area contributed by atoms with Gasteiger partial charge >= 0.3 is 0 Å². The summed E-state index contributed by atoms with van der Waals surface area (Å²) < 4.78 is 0. The lowest BCUT2D eigenvalue weighted by Gasteiger charge is -2.42. The molecule has 172 valence electrons. The number of piperidine rings is 1. The van der Waals surface area contributed by atoms with Gasteiger partial charge in [-0.25, -0.2) is 0 Å². The summed E-state index contributed by atoms with van der Waals surface area (Å²) in [6.07, 6.45) is 1.27. The molecule has 1 unspecified atom stereocenters. The third-order valence-electron chi connectivity index (χ3n) is 5.71. The Morgan fingerprint density at radius 3 is 2.62 bits per heavy atom. The van der Waals surface area contributed by atoms with E-state index in [1.807, 2.05) is 11.4 Å². The van der Waals surface area contributed by atoms with Crippen molar-refractivity contribution in [3.63, 3.8) is 0 Å². The molecule has 0 spiro atoms. The van der Waals surface area contributed by atoms with Gasteiger partial charge in [0.05, 0.1) is 4.92 Å². The molecular formula is C22H29N5O4S. The van der Waals surface area contributed by atoms with Crippen LogP contribution in [0, 0.1) is 10.1 Å². The number of nitrogens with two attached hydrogens (primary N) is 1. The smallest absolute Gasteiger partial charge is 0.269 e. The van der Waals surface area contributed by atoms with Crippen LogP contribution in [0.3, 0.4) is 0 Å². The van der Waals surface area contributed by atoms with Crippen LogP contribution in [0.4, 0.5) is 5.69 Å². The predicted octanol–water partition coefficient (Wildman–Crippen LogP) is 2.11. The molecule has 1 aliphatic heterocycles. The number of nitro benzene ring substituents is 1. The third-order valence-corrected chi connectivity index (χ3v) is 6.57. The average molecular weight is 460 g/mol. The number of thiophene rings is 1. The first-order chi connectivity index (χ1) is 15.4. The van der Waals surface area contributed by atoms with Gasteiger partial charge in [-0.1, -0.05) is 18.2 Å². The third kappa shape index (κ3) is 6.12. The van der Waals surface area contributed by atoms with Crippen molar-refractivity contribution in [1.29, 1.82) is 0 Å². The Morgan fingerprint density at radius 2 is 2.03 bits per heavy atom. The van der Waals surface area contributed by atoms with Crippen LogP contribution >= 0.6 is 11.3 Å². The maximum absolute atomic E-state index is 12.8. The molecule has 1 fully saturated rings. The molecule has 3 rings (SSSR count). The highest BCUT2D eigenvalue weighted by Crippen LogP contribution is 2.27. The molecule has 0 bridgehead atoms. The van der Waals surface area contributed by atoms with Crippen molar-refractivity contribution in [3.05, 3.63) is 62.3 Å². The van der Waals surface area contributed by atoms with E-state index in [1.165, 1.54) is 23.9 Å². The van der Waals surface area contributed by atoms with Crippen molar-refractivity contribution in [2.45, 2.75) is 44.9 Å². The minimum Gasteiger partial charge on any atom is -0.353 e. The lowest BCUT2D eigenvalue weighted by atomic mass is 9.94. The van der Waals surface area contributed by atoms with E-state index in [4.69, 9.17) is 5.73 Å². The van der Waals surface area contributed by atoms with Crippen molar-refractivity contribution in [1.82, 2.24) is 15.1 Å². The Hall–Kier alpha value is -2.82. The van der Waals surface area contributed by atoms with Crippen LogP contribution in [0.25, 0.3) is 0 Å². The standard InChI is InChI=1S/C22H29N5O4S/c1-16(28)26-11-8-19(13-21(26)22(29)24-10-9-23)25(15-20-3-2-12-32-20)14-17-4-6-18(7-5-17)27(30)31/h2-7,12,19,21H,8-11,13-15,23H2,1H3,(H,24,29)/t19?,21-/m1/s1. The van der Waals surface area contributed by atoms with Crippen LogP contribution < -0.4 is 11.1 Å². The van der Waals surface area contributed by atoms with Gasteiger partial charge in [0.2, 0.25) is 11.8 Å². The maximum atomic E-state index is 12.8. The summed E-state index contributed by atoms with van der Waals surface area (Å²) in [4.78, 5) is 40.6. The Bertz CT molecular complexity index is 919. The number of carbonyl (C=O) groups excluding carboxylic acids is 2. The monoisotopic (exact) mass is 459 g/mol. The molecule has 3 N–H and O–H groups in total. The van der Waals surface area contributed by atoms with E-state index in [0.717, 1.165) is 12.0 Å². The van der Waals surface area contributed by atoms with E-state index in [-0.39, 0.29) is 23.5 Å². The molecule has 32 heavy (non-hydrogen) atoms. The first-order valence-electron chi connectivity index (χ1n) is 10.6. The molecule has 0 aliphatic carbocycles. The van der Waals surface area contributed by atoms with Gasteiger partial charge in [-0.3, -0.25) is 24.6 Å². The van der Waals surface area contributed by atoms with Gasteiger partial charge in [0.1, 0.15) is 6.04 Å². The van der Waals surface area contributed by atoms with E-state index in [0.29, 0.717) is 39.1 Å². The topological polar surface area (TPSA) is 122 Å². The Balaban J connectivity index is 1.80.